The van der Waals surface area contributed by atoms with E-state index in [0.717, 1.165) is 15.6 Å². The van der Waals surface area contributed by atoms with E-state index in [2.05, 4.69) is 33.0 Å². The predicted molar refractivity (Wildman–Crippen MR) is 127 cm³/mol. The number of esters is 1. The molecule has 3 aromatic carbocycles. The summed E-state index contributed by atoms with van der Waals surface area (Å²) in [4.78, 5) is 24.1. The minimum atomic E-state index is -0.444. The van der Waals surface area contributed by atoms with Crippen LogP contribution in [0.1, 0.15) is 21.5 Å². The highest BCUT2D eigenvalue weighted by Gasteiger charge is 2.08. The van der Waals surface area contributed by atoms with Crippen molar-refractivity contribution in [3.05, 3.63) is 107 Å². The molecule has 32 heavy (non-hydrogen) atoms. The lowest BCUT2D eigenvalue weighted by atomic mass is 10.1. The first-order valence-electron chi connectivity index (χ1n) is 9.76. The molecule has 3 aromatic rings. The van der Waals surface area contributed by atoms with Gasteiger partial charge >= 0.3 is 5.97 Å². The van der Waals surface area contributed by atoms with Crippen LogP contribution in [-0.4, -0.2) is 24.7 Å². The molecule has 0 heterocycles. The van der Waals surface area contributed by atoms with Gasteiger partial charge in [0.2, 0.25) is 0 Å². The van der Waals surface area contributed by atoms with E-state index in [1.807, 2.05) is 18.2 Å². The van der Waals surface area contributed by atoms with Crippen LogP contribution in [0.2, 0.25) is 0 Å². The summed E-state index contributed by atoms with van der Waals surface area (Å²) in [6.45, 7) is 3.56. The standard InChI is InChI=1S/C25H21BrN2O4/c1-2-5-19-6-3-4-7-23(19)31-17-24(29)28-27-16-18-8-14-22(15-9-18)32-25(30)20-10-12-21(26)13-11-20/h2-4,6-16H,1,5,17H2,(H,28,29). The molecule has 0 aliphatic carbocycles. The van der Waals surface area contributed by atoms with E-state index in [0.29, 0.717) is 23.5 Å². The first-order valence-corrected chi connectivity index (χ1v) is 10.6. The van der Waals surface area contributed by atoms with Crippen LogP contribution in [0.15, 0.2) is 95.0 Å². The number of benzene rings is 3. The summed E-state index contributed by atoms with van der Waals surface area (Å²) in [5.41, 5.74) is 4.56. The average molecular weight is 493 g/mol. The minimum absolute atomic E-state index is 0.156. The normalized spacial score (nSPS) is 10.5. The third-order valence-electron chi connectivity index (χ3n) is 4.27. The fourth-order valence-electron chi connectivity index (χ4n) is 2.70. The lowest BCUT2D eigenvalue weighted by molar-refractivity contribution is -0.123. The highest BCUT2D eigenvalue weighted by Crippen LogP contribution is 2.18. The summed E-state index contributed by atoms with van der Waals surface area (Å²) in [6, 6.07) is 21.1. The fraction of sp³-hybridized carbons (Fsp3) is 0.0800. The van der Waals surface area contributed by atoms with Crippen molar-refractivity contribution >= 4 is 34.0 Å². The van der Waals surface area contributed by atoms with E-state index in [1.165, 1.54) is 6.21 Å². The van der Waals surface area contributed by atoms with Gasteiger partial charge in [0.15, 0.2) is 6.61 Å². The molecule has 1 amide bonds. The van der Waals surface area contributed by atoms with Gasteiger partial charge in [0.05, 0.1) is 11.8 Å². The largest absolute Gasteiger partial charge is 0.483 e. The molecule has 0 aliphatic rings. The lowest BCUT2D eigenvalue weighted by Gasteiger charge is -2.09. The van der Waals surface area contributed by atoms with E-state index >= 15 is 0 Å². The number of allylic oxidation sites excluding steroid dienone is 1. The smallest absolute Gasteiger partial charge is 0.343 e. The highest BCUT2D eigenvalue weighted by atomic mass is 79.9. The zero-order valence-corrected chi connectivity index (χ0v) is 18.7. The number of hydrogen-bond acceptors (Lipinski definition) is 5. The molecule has 0 atom stereocenters. The second kappa shape index (κ2) is 11.6. The van der Waals surface area contributed by atoms with Crippen molar-refractivity contribution in [3.63, 3.8) is 0 Å². The van der Waals surface area contributed by atoms with Gasteiger partial charge < -0.3 is 9.47 Å². The molecule has 3 rings (SSSR count). The third-order valence-corrected chi connectivity index (χ3v) is 4.80. The summed E-state index contributed by atoms with van der Waals surface area (Å²) in [5, 5.41) is 3.93. The third kappa shape index (κ3) is 6.92. The molecular weight excluding hydrogens is 472 g/mol. The summed E-state index contributed by atoms with van der Waals surface area (Å²) in [6.07, 6.45) is 3.92. The molecule has 0 bridgehead atoms. The van der Waals surface area contributed by atoms with E-state index in [4.69, 9.17) is 9.47 Å². The number of amides is 1. The monoisotopic (exact) mass is 492 g/mol. The maximum atomic E-state index is 12.2. The number of hydrazone groups is 1. The number of nitrogens with one attached hydrogen (secondary N) is 1. The van der Waals surface area contributed by atoms with Crippen LogP contribution in [0.5, 0.6) is 11.5 Å². The second-order valence-electron chi connectivity index (χ2n) is 6.65. The molecule has 0 fully saturated rings. The van der Waals surface area contributed by atoms with Crippen molar-refractivity contribution in [1.29, 1.82) is 0 Å². The Kier molecular flexibility index (Phi) is 8.34. The maximum absolute atomic E-state index is 12.2. The van der Waals surface area contributed by atoms with Gasteiger partial charge in [0.25, 0.3) is 5.91 Å². The molecule has 0 spiro atoms. The maximum Gasteiger partial charge on any atom is 0.343 e. The Morgan fingerprint density at radius 3 is 2.44 bits per heavy atom. The molecule has 0 saturated carbocycles. The average Bonchev–Trinajstić information content (AvgIpc) is 2.80. The molecule has 0 aliphatic heterocycles. The first kappa shape index (κ1) is 23.0. The van der Waals surface area contributed by atoms with Gasteiger partial charge in [-0.2, -0.15) is 5.10 Å². The van der Waals surface area contributed by atoms with Crippen LogP contribution >= 0.6 is 15.9 Å². The number of para-hydroxylation sites is 1. The van der Waals surface area contributed by atoms with Crippen LogP contribution < -0.4 is 14.9 Å². The number of hydrogen-bond donors (Lipinski definition) is 1. The number of halogens is 1. The van der Waals surface area contributed by atoms with Gasteiger partial charge in [0, 0.05) is 4.47 Å². The van der Waals surface area contributed by atoms with Gasteiger partial charge in [-0.25, -0.2) is 10.2 Å². The molecular formula is C25H21BrN2O4. The van der Waals surface area contributed by atoms with E-state index in [9.17, 15) is 9.59 Å². The summed E-state index contributed by atoms with van der Waals surface area (Å²) in [5.74, 6) is 0.223. The van der Waals surface area contributed by atoms with Gasteiger partial charge in [-0.1, -0.05) is 40.2 Å². The van der Waals surface area contributed by atoms with Crippen LogP contribution in [0, 0.1) is 0 Å². The number of nitrogens with zero attached hydrogens (tertiary/aromatic N) is 1. The van der Waals surface area contributed by atoms with Crippen molar-refractivity contribution in [2.45, 2.75) is 6.42 Å². The van der Waals surface area contributed by atoms with Crippen LogP contribution in [0.25, 0.3) is 0 Å². The highest BCUT2D eigenvalue weighted by molar-refractivity contribution is 9.10. The van der Waals surface area contributed by atoms with Crippen LogP contribution in [0.3, 0.4) is 0 Å². The summed E-state index contributed by atoms with van der Waals surface area (Å²) >= 11 is 3.33. The Hall–Kier alpha value is -3.71. The van der Waals surface area contributed by atoms with Crippen molar-refractivity contribution < 1.29 is 19.1 Å². The predicted octanol–water partition coefficient (Wildman–Crippen LogP) is 4.93. The Bertz CT molecular complexity index is 1110. The summed E-state index contributed by atoms with van der Waals surface area (Å²) < 4.78 is 11.8. The Morgan fingerprint density at radius 1 is 1.00 bits per heavy atom. The SMILES string of the molecule is C=CCc1ccccc1OCC(=O)NN=Cc1ccc(OC(=O)c2ccc(Br)cc2)cc1. The van der Waals surface area contributed by atoms with E-state index in [1.54, 1.807) is 60.7 Å². The fourth-order valence-corrected chi connectivity index (χ4v) is 2.96. The summed E-state index contributed by atoms with van der Waals surface area (Å²) in [7, 11) is 0. The van der Waals surface area contributed by atoms with Crippen molar-refractivity contribution in [2.24, 2.45) is 5.10 Å². The number of carbonyl (C=O) groups excluding carboxylic acids is 2. The van der Waals surface area contributed by atoms with Crippen molar-refractivity contribution in [3.8, 4) is 11.5 Å². The molecule has 0 saturated heterocycles. The molecule has 0 unspecified atom stereocenters. The second-order valence-corrected chi connectivity index (χ2v) is 7.56. The molecule has 1 N–H and O–H groups in total. The lowest BCUT2D eigenvalue weighted by Crippen LogP contribution is -2.24. The zero-order chi connectivity index (χ0) is 22.8. The van der Waals surface area contributed by atoms with Crippen LogP contribution in [-0.2, 0) is 11.2 Å². The van der Waals surface area contributed by atoms with Crippen LogP contribution in [0.4, 0.5) is 0 Å². The van der Waals surface area contributed by atoms with Gasteiger partial charge in [-0.15, -0.1) is 6.58 Å². The van der Waals surface area contributed by atoms with Crippen molar-refractivity contribution in [2.75, 3.05) is 6.61 Å². The number of ether oxygens (including phenoxy) is 2. The van der Waals surface area contributed by atoms with E-state index in [-0.39, 0.29) is 12.5 Å². The molecule has 0 aromatic heterocycles. The molecule has 162 valence electrons. The molecule has 7 heteroatoms. The van der Waals surface area contributed by atoms with Gasteiger partial charge in [0.1, 0.15) is 11.5 Å². The minimum Gasteiger partial charge on any atom is -0.483 e. The Balaban J connectivity index is 1.47. The Morgan fingerprint density at radius 2 is 1.72 bits per heavy atom. The first-order chi connectivity index (χ1) is 15.5. The van der Waals surface area contributed by atoms with Gasteiger partial charge in [-0.05, 0) is 72.1 Å². The Labute approximate surface area is 194 Å². The topological polar surface area (TPSA) is 77.0 Å². The van der Waals surface area contributed by atoms with E-state index < -0.39 is 5.97 Å². The van der Waals surface area contributed by atoms with Crippen molar-refractivity contribution in [1.82, 2.24) is 5.43 Å². The number of rotatable bonds is 9. The quantitative estimate of drug-likeness (QED) is 0.151. The number of carbonyl (C=O) groups is 2. The van der Waals surface area contributed by atoms with Gasteiger partial charge in [-0.3, -0.25) is 4.79 Å². The molecule has 6 nitrogen and oxygen atoms in total. The molecule has 0 radical (unpaired) electrons. The zero-order valence-electron chi connectivity index (χ0n) is 17.2.